The molecule has 144 valence electrons. The van der Waals surface area contributed by atoms with Crippen molar-refractivity contribution in [2.24, 2.45) is 0 Å². The maximum absolute atomic E-state index is 11.9. The van der Waals surface area contributed by atoms with Crippen molar-refractivity contribution in [1.29, 1.82) is 0 Å². The van der Waals surface area contributed by atoms with Gasteiger partial charge in [0.1, 0.15) is 12.2 Å². The Labute approximate surface area is 159 Å². The Kier molecular flexibility index (Phi) is 6.95. The average Bonchev–Trinajstić information content (AvgIpc) is 3.02. The van der Waals surface area contributed by atoms with Gasteiger partial charge < -0.3 is 14.6 Å². The Hall–Kier alpha value is -2.25. The molecular formula is C21H26N2O4. The van der Waals surface area contributed by atoms with Gasteiger partial charge in [0.25, 0.3) is 0 Å². The zero-order valence-electron chi connectivity index (χ0n) is 15.5. The van der Waals surface area contributed by atoms with Gasteiger partial charge in [-0.2, -0.15) is 0 Å². The maximum Gasteiger partial charge on any atom is 0.238 e. The summed E-state index contributed by atoms with van der Waals surface area (Å²) in [4.78, 5) is 11.9. The van der Waals surface area contributed by atoms with Gasteiger partial charge in [0, 0.05) is 13.5 Å². The number of benzene rings is 2. The lowest BCUT2D eigenvalue weighted by Crippen LogP contribution is -2.48. The molecule has 2 aromatic carbocycles. The molecule has 2 aromatic rings. The largest absolute Gasteiger partial charge is 0.388 e. The van der Waals surface area contributed by atoms with E-state index in [9.17, 15) is 9.90 Å². The highest BCUT2D eigenvalue weighted by Crippen LogP contribution is 2.18. The minimum Gasteiger partial charge on any atom is -0.388 e. The molecule has 0 bridgehead atoms. The first-order valence-corrected chi connectivity index (χ1v) is 9.11. The number of amides is 1. The number of aliphatic hydroxyl groups excluding tert-OH is 1. The molecule has 27 heavy (non-hydrogen) atoms. The standard InChI is InChI=1S/C21H26N2O4/c1-23-20(25)12-18(22-23)21(27-14-17-10-6-3-7-11-17)19(24)15-26-13-16-8-4-2-5-9-16/h2-11,18-19,21-22,24H,12-15H2,1H3/t18-,19+,21-/m0/s1. The average molecular weight is 370 g/mol. The molecule has 0 saturated carbocycles. The highest BCUT2D eigenvalue weighted by molar-refractivity contribution is 5.78. The van der Waals surface area contributed by atoms with Crippen LogP contribution in [-0.2, 0) is 27.5 Å². The third-order valence-corrected chi connectivity index (χ3v) is 4.59. The Morgan fingerprint density at radius 2 is 1.67 bits per heavy atom. The smallest absolute Gasteiger partial charge is 0.238 e. The van der Waals surface area contributed by atoms with Crippen molar-refractivity contribution < 1.29 is 19.4 Å². The molecule has 0 aromatic heterocycles. The van der Waals surface area contributed by atoms with E-state index in [1.165, 1.54) is 5.01 Å². The van der Waals surface area contributed by atoms with Crippen LogP contribution >= 0.6 is 0 Å². The summed E-state index contributed by atoms with van der Waals surface area (Å²) >= 11 is 0. The van der Waals surface area contributed by atoms with Crippen LogP contribution < -0.4 is 5.43 Å². The number of hydrogen-bond donors (Lipinski definition) is 2. The van der Waals surface area contributed by atoms with Crippen molar-refractivity contribution in [3.05, 3.63) is 71.8 Å². The molecule has 6 heteroatoms. The van der Waals surface area contributed by atoms with Crippen molar-refractivity contribution in [2.45, 2.75) is 37.9 Å². The fraction of sp³-hybridized carbons (Fsp3) is 0.381. The van der Waals surface area contributed by atoms with E-state index in [-0.39, 0.29) is 25.0 Å². The zero-order chi connectivity index (χ0) is 19.1. The van der Waals surface area contributed by atoms with Crippen LogP contribution in [0.5, 0.6) is 0 Å². The molecule has 3 rings (SSSR count). The van der Waals surface area contributed by atoms with Gasteiger partial charge >= 0.3 is 0 Å². The maximum atomic E-state index is 11.9. The third kappa shape index (κ3) is 5.61. The van der Waals surface area contributed by atoms with E-state index in [2.05, 4.69) is 5.43 Å². The minimum absolute atomic E-state index is 0.0225. The minimum atomic E-state index is -0.853. The summed E-state index contributed by atoms with van der Waals surface area (Å²) in [5.74, 6) is -0.0225. The molecule has 3 atom stereocenters. The van der Waals surface area contributed by atoms with Gasteiger partial charge in [-0.25, -0.2) is 5.43 Å². The monoisotopic (exact) mass is 370 g/mol. The van der Waals surface area contributed by atoms with E-state index in [0.717, 1.165) is 11.1 Å². The Bertz CT molecular complexity index is 711. The van der Waals surface area contributed by atoms with E-state index in [1.807, 2.05) is 60.7 Å². The molecule has 0 unspecified atom stereocenters. The summed E-state index contributed by atoms with van der Waals surface area (Å²) in [6, 6.07) is 19.3. The number of rotatable bonds is 9. The summed E-state index contributed by atoms with van der Waals surface area (Å²) in [5, 5.41) is 12.1. The molecule has 2 N–H and O–H groups in total. The quantitative estimate of drug-likeness (QED) is 0.705. The molecule has 1 saturated heterocycles. The molecule has 0 spiro atoms. The van der Waals surface area contributed by atoms with Crippen LogP contribution in [0.25, 0.3) is 0 Å². The first kappa shape index (κ1) is 19.5. The molecule has 6 nitrogen and oxygen atoms in total. The Balaban J connectivity index is 1.58. The number of hydrogen-bond acceptors (Lipinski definition) is 5. The van der Waals surface area contributed by atoms with Crippen LogP contribution in [0, 0.1) is 0 Å². The number of carbonyl (C=O) groups is 1. The molecule has 1 aliphatic heterocycles. The molecule has 0 aliphatic carbocycles. The lowest BCUT2D eigenvalue weighted by atomic mass is 10.0. The van der Waals surface area contributed by atoms with E-state index >= 15 is 0 Å². The Morgan fingerprint density at radius 3 is 2.22 bits per heavy atom. The van der Waals surface area contributed by atoms with Crippen LogP contribution in [0.2, 0.25) is 0 Å². The van der Waals surface area contributed by atoms with Crippen molar-refractivity contribution in [3.63, 3.8) is 0 Å². The third-order valence-electron chi connectivity index (χ3n) is 4.59. The highest BCUT2D eigenvalue weighted by Gasteiger charge is 2.37. The highest BCUT2D eigenvalue weighted by atomic mass is 16.5. The predicted molar refractivity (Wildman–Crippen MR) is 101 cm³/mol. The van der Waals surface area contributed by atoms with Gasteiger partial charge in [0.2, 0.25) is 5.91 Å². The van der Waals surface area contributed by atoms with Crippen LogP contribution in [0.4, 0.5) is 0 Å². The second-order valence-corrected chi connectivity index (χ2v) is 6.72. The van der Waals surface area contributed by atoms with Crippen LogP contribution in [-0.4, -0.2) is 47.9 Å². The van der Waals surface area contributed by atoms with E-state index in [4.69, 9.17) is 9.47 Å². The molecular weight excluding hydrogens is 344 g/mol. The van der Waals surface area contributed by atoms with Gasteiger partial charge in [0.15, 0.2) is 0 Å². The second-order valence-electron chi connectivity index (χ2n) is 6.72. The lowest BCUT2D eigenvalue weighted by Gasteiger charge is -2.28. The van der Waals surface area contributed by atoms with E-state index in [1.54, 1.807) is 7.05 Å². The van der Waals surface area contributed by atoms with Crippen molar-refractivity contribution in [3.8, 4) is 0 Å². The van der Waals surface area contributed by atoms with E-state index < -0.39 is 12.2 Å². The molecule has 1 amide bonds. The summed E-state index contributed by atoms with van der Waals surface area (Å²) < 4.78 is 11.7. The number of ether oxygens (including phenoxy) is 2. The van der Waals surface area contributed by atoms with E-state index in [0.29, 0.717) is 13.2 Å². The topological polar surface area (TPSA) is 71.0 Å². The summed E-state index contributed by atoms with van der Waals surface area (Å²) in [7, 11) is 1.68. The predicted octanol–water partition coefficient (Wildman–Crippen LogP) is 1.88. The van der Waals surface area contributed by atoms with Crippen molar-refractivity contribution in [2.75, 3.05) is 13.7 Å². The molecule has 0 radical (unpaired) electrons. The lowest BCUT2D eigenvalue weighted by molar-refractivity contribution is -0.128. The fourth-order valence-corrected chi connectivity index (χ4v) is 3.11. The SMILES string of the molecule is CN1N[C@H]([C@H](OCc2ccccc2)[C@H](O)COCc2ccccc2)CC1=O. The first-order valence-electron chi connectivity index (χ1n) is 9.11. The second kappa shape index (κ2) is 9.62. The van der Waals surface area contributed by atoms with Gasteiger partial charge in [-0.05, 0) is 11.1 Å². The van der Waals surface area contributed by atoms with Crippen LogP contribution in [0.3, 0.4) is 0 Å². The number of carbonyl (C=O) groups excluding carboxylic acids is 1. The van der Waals surface area contributed by atoms with Gasteiger partial charge in [-0.15, -0.1) is 0 Å². The van der Waals surface area contributed by atoms with Gasteiger partial charge in [0.05, 0.1) is 25.9 Å². The Morgan fingerprint density at radius 1 is 1.07 bits per heavy atom. The summed E-state index contributed by atoms with van der Waals surface area (Å²) in [5.41, 5.74) is 5.13. The van der Waals surface area contributed by atoms with Crippen LogP contribution in [0.15, 0.2) is 60.7 Å². The molecule has 1 fully saturated rings. The first-order chi connectivity index (χ1) is 13.1. The van der Waals surface area contributed by atoms with Gasteiger partial charge in [-0.3, -0.25) is 9.80 Å². The van der Waals surface area contributed by atoms with Crippen molar-refractivity contribution >= 4 is 5.91 Å². The molecule has 1 heterocycles. The zero-order valence-corrected chi connectivity index (χ0v) is 15.5. The number of aliphatic hydroxyl groups is 1. The normalized spacial score (nSPS) is 19.3. The number of nitrogens with one attached hydrogen (secondary N) is 1. The van der Waals surface area contributed by atoms with Crippen molar-refractivity contribution in [1.82, 2.24) is 10.4 Å². The number of nitrogens with zero attached hydrogens (tertiary/aromatic N) is 1. The van der Waals surface area contributed by atoms with Gasteiger partial charge in [-0.1, -0.05) is 60.7 Å². The fourth-order valence-electron chi connectivity index (χ4n) is 3.11. The summed E-state index contributed by atoms with van der Waals surface area (Å²) in [6.45, 7) is 0.905. The summed E-state index contributed by atoms with van der Waals surface area (Å²) in [6.07, 6.45) is -1.13. The molecule has 1 aliphatic rings. The number of hydrazine groups is 1. The van der Waals surface area contributed by atoms with Crippen LogP contribution in [0.1, 0.15) is 17.5 Å².